The van der Waals surface area contributed by atoms with Crippen LogP contribution in [0.5, 0.6) is 5.75 Å². The van der Waals surface area contributed by atoms with Crippen LogP contribution in [0.2, 0.25) is 0 Å². The first-order valence-electron chi connectivity index (χ1n) is 6.07. The lowest BCUT2D eigenvalue weighted by atomic mass is 10.1. The highest BCUT2D eigenvalue weighted by atomic mass is 16.5. The van der Waals surface area contributed by atoms with Crippen LogP contribution in [0.3, 0.4) is 0 Å². The number of ether oxygens (including phenoxy) is 1. The number of likely N-dealkylation sites (N-methyl/N-ethyl adjacent to an activating group) is 1. The molecule has 2 aromatic rings. The van der Waals surface area contributed by atoms with Gasteiger partial charge in [0.15, 0.2) is 6.29 Å². The van der Waals surface area contributed by atoms with Crippen LogP contribution in [0.1, 0.15) is 10.4 Å². The minimum Gasteiger partial charge on any atom is -0.492 e. The average molecular weight is 259 g/mol. The van der Waals surface area contributed by atoms with Crippen molar-refractivity contribution in [1.82, 2.24) is 15.1 Å². The molecule has 5 nitrogen and oxygen atoms in total. The van der Waals surface area contributed by atoms with Crippen LogP contribution in [-0.4, -0.2) is 48.6 Å². The van der Waals surface area contributed by atoms with Crippen molar-refractivity contribution in [3.8, 4) is 17.0 Å². The van der Waals surface area contributed by atoms with Gasteiger partial charge in [0.05, 0.1) is 17.5 Å². The van der Waals surface area contributed by atoms with E-state index in [4.69, 9.17) is 4.74 Å². The Labute approximate surface area is 112 Å². The summed E-state index contributed by atoms with van der Waals surface area (Å²) in [5.74, 6) is 0.817. The summed E-state index contributed by atoms with van der Waals surface area (Å²) in [5.41, 5.74) is 2.20. The number of aromatic nitrogens is 2. The number of nitrogens with one attached hydrogen (secondary N) is 1. The van der Waals surface area contributed by atoms with E-state index in [1.165, 1.54) is 6.20 Å². The van der Waals surface area contributed by atoms with Crippen LogP contribution in [0.25, 0.3) is 11.3 Å². The summed E-state index contributed by atoms with van der Waals surface area (Å²) in [6, 6.07) is 7.60. The van der Waals surface area contributed by atoms with E-state index in [9.17, 15) is 4.79 Å². The Morgan fingerprint density at radius 1 is 1.32 bits per heavy atom. The Hall–Kier alpha value is -2.14. The van der Waals surface area contributed by atoms with E-state index in [2.05, 4.69) is 15.1 Å². The minimum absolute atomic E-state index is 0.557. The number of rotatable bonds is 6. The highest BCUT2D eigenvalue weighted by Crippen LogP contribution is 2.22. The third-order valence-corrected chi connectivity index (χ3v) is 2.75. The molecule has 0 spiro atoms. The average Bonchev–Trinajstić information content (AvgIpc) is 2.87. The molecule has 0 saturated carbocycles. The number of hydrogen-bond donors (Lipinski definition) is 1. The molecule has 0 aliphatic carbocycles. The molecule has 1 N–H and O–H groups in total. The van der Waals surface area contributed by atoms with Crippen molar-refractivity contribution in [1.29, 1.82) is 0 Å². The zero-order valence-electron chi connectivity index (χ0n) is 11.1. The molecule has 1 aromatic carbocycles. The first kappa shape index (κ1) is 13.3. The maximum absolute atomic E-state index is 10.8. The van der Waals surface area contributed by atoms with E-state index >= 15 is 0 Å². The summed E-state index contributed by atoms with van der Waals surface area (Å²) in [4.78, 5) is 12.9. The molecule has 0 saturated heterocycles. The lowest BCUT2D eigenvalue weighted by Crippen LogP contribution is -2.19. The molecule has 100 valence electrons. The summed E-state index contributed by atoms with van der Waals surface area (Å²) in [5, 5.41) is 6.69. The van der Waals surface area contributed by atoms with E-state index < -0.39 is 0 Å². The number of carbonyl (C=O) groups excluding carboxylic acids is 1. The second-order valence-electron chi connectivity index (χ2n) is 4.49. The van der Waals surface area contributed by atoms with Crippen molar-refractivity contribution in [2.75, 3.05) is 27.2 Å². The highest BCUT2D eigenvalue weighted by molar-refractivity contribution is 5.85. The third kappa shape index (κ3) is 3.42. The minimum atomic E-state index is 0.557. The lowest BCUT2D eigenvalue weighted by Gasteiger charge is -2.11. The molecule has 0 fully saturated rings. The molecule has 0 amide bonds. The summed E-state index contributed by atoms with van der Waals surface area (Å²) in [6.07, 6.45) is 2.31. The Bertz CT molecular complexity index is 532. The molecule has 2 rings (SSSR count). The molecule has 1 aromatic heterocycles. The molecule has 0 aliphatic rings. The second kappa shape index (κ2) is 6.15. The SMILES string of the molecule is CN(C)CCOc1ccc(-c2[nH]ncc2C=O)cc1. The second-order valence-corrected chi connectivity index (χ2v) is 4.49. The first-order valence-corrected chi connectivity index (χ1v) is 6.07. The van der Waals surface area contributed by atoms with Gasteiger partial charge in [-0.3, -0.25) is 9.89 Å². The molecule has 19 heavy (non-hydrogen) atoms. The summed E-state index contributed by atoms with van der Waals surface area (Å²) >= 11 is 0. The summed E-state index contributed by atoms with van der Waals surface area (Å²) in [7, 11) is 4.01. The topological polar surface area (TPSA) is 58.2 Å². The van der Waals surface area contributed by atoms with Crippen molar-refractivity contribution in [3.63, 3.8) is 0 Å². The molecule has 5 heteroatoms. The van der Waals surface area contributed by atoms with Gasteiger partial charge in [-0.1, -0.05) is 0 Å². The Morgan fingerprint density at radius 2 is 2.05 bits per heavy atom. The number of hydrogen-bond acceptors (Lipinski definition) is 4. The fourth-order valence-corrected chi connectivity index (χ4v) is 1.68. The zero-order valence-corrected chi connectivity index (χ0v) is 11.1. The van der Waals surface area contributed by atoms with Gasteiger partial charge in [0.2, 0.25) is 0 Å². The van der Waals surface area contributed by atoms with Gasteiger partial charge in [0.25, 0.3) is 0 Å². The highest BCUT2D eigenvalue weighted by Gasteiger charge is 2.06. The van der Waals surface area contributed by atoms with Crippen molar-refractivity contribution in [2.45, 2.75) is 0 Å². The van der Waals surface area contributed by atoms with Gasteiger partial charge < -0.3 is 9.64 Å². The number of carbonyl (C=O) groups is 1. The van der Waals surface area contributed by atoms with Gasteiger partial charge in [-0.25, -0.2) is 0 Å². The predicted molar refractivity (Wildman–Crippen MR) is 73.5 cm³/mol. The smallest absolute Gasteiger partial charge is 0.153 e. The quantitative estimate of drug-likeness (QED) is 0.804. The molecular formula is C14H17N3O2. The maximum Gasteiger partial charge on any atom is 0.153 e. The third-order valence-electron chi connectivity index (χ3n) is 2.75. The van der Waals surface area contributed by atoms with E-state index in [1.54, 1.807) is 0 Å². The molecule has 1 heterocycles. The molecule has 0 radical (unpaired) electrons. The lowest BCUT2D eigenvalue weighted by molar-refractivity contribution is 0.112. The van der Waals surface area contributed by atoms with Crippen molar-refractivity contribution in [3.05, 3.63) is 36.0 Å². The fraction of sp³-hybridized carbons (Fsp3) is 0.286. The van der Waals surface area contributed by atoms with Crippen LogP contribution in [0.15, 0.2) is 30.5 Å². The van der Waals surface area contributed by atoms with Crippen LogP contribution in [0, 0.1) is 0 Å². The van der Waals surface area contributed by atoms with E-state index in [0.717, 1.165) is 29.8 Å². The number of benzene rings is 1. The van der Waals surface area contributed by atoms with Crippen LogP contribution in [0.4, 0.5) is 0 Å². The van der Waals surface area contributed by atoms with E-state index in [0.29, 0.717) is 12.2 Å². The fourth-order valence-electron chi connectivity index (χ4n) is 1.68. The van der Waals surface area contributed by atoms with Gasteiger partial charge >= 0.3 is 0 Å². The predicted octanol–water partition coefficient (Wildman–Crippen LogP) is 1.83. The van der Waals surface area contributed by atoms with Crippen LogP contribution in [-0.2, 0) is 0 Å². The molecule has 0 atom stereocenters. The van der Waals surface area contributed by atoms with Crippen molar-refractivity contribution < 1.29 is 9.53 Å². The number of H-pyrrole nitrogens is 1. The van der Waals surface area contributed by atoms with E-state index in [-0.39, 0.29) is 0 Å². The molecule has 0 unspecified atom stereocenters. The summed E-state index contributed by atoms with van der Waals surface area (Å²) in [6.45, 7) is 1.52. The van der Waals surface area contributed by atoms with Gasteiger partial charge in [-0.2, -0.15) is 5.10 Å². The Balaban J connectivity index is 2.04. The number of nitrogens with zero attached hydrogens (tertiary/aromatic N) is 2. The monoisotopic (exact) mass is 259 g/mol. The number of aldehydes is 1. The maximum atomic E-state index is 10.8. The van der Waals surface area contributed by atoms with Crippen LogP contribution < -0.4 is 4.74 Å². The van der Waals surface area contributed by atoms with E-state index in [1.807, 2.05) is 38.4 Å². The standard InChI is InChI=1S/C14H17N3O2/c1-17(2)7-8-19-13-5-3-11(4-6-13)14-12(10-18)9-15-16-14/h3-6,9-10H,7-8H2,1-2H3,(H,15,16). The van der Waals surface area contributed by atoms with Gasteiger partial charge in [0.1, 0.15) is 12.4 Å². The number of aromatic amines is 1. The normalized spacial score (nSPS) is 10.7. The Morgan fingerprint density at radius 3 is 2.68 bits per heavy atom. The molecule has 0 aliphatic heterocycles. The summed E-state index contributed by atoms with van der Waals surface area (Å²) < 4.78 is 5.61. The molecular weight excluding hydrogens is 242 g/mol. The Kier molecular flexibility index (Phi) is 4.30. The van der Waals surface area contributed by atoms with Crippen molar-refractivity contribution in [2.24, 2.45) is 0 Å². The first-order chi connectivity index (χ1) is 9.20. The van der Waals surface area contributed by atoms with Crippen molar-refractivity contribution >= 4 is 6.29 Å². The van der Waals surface area contributed by atoms with Gasteiger partial charge in [-0.05, 0) is 38.4 Å². The van der Waals surface area contributed by atoms with Gasteiger partial charge in [0, 0.05) is 12.1 Å². The van der Waals surface area contributed by atoms with Gasteiger partial charge in [-0.15, -0.1) is 0 Å². The largest absolute Gasteiger partial charge is 0.492 e. The zero-order chi connectivity index (χ0) is 13.7. The molecule has 0 bridgehead atoms. The van der Waals surface area contributed by atoms with Crippen LogP contribution >= 0.6 is 0 Å².